The van der Waals surface area contributed by atoms with E-state index in [1.165, 1.54) is 0 Å². The molecule has 0 spiro atoms. The zero-order valence-corrected chi connectivity index (χ0v) is 11.7. The third-order valence-electron chi connectivity index (χ3n) is 3.28. The quantitative estimate of drug-likeness (QED) is 0.837. The number of rotatable bonds is 4. The van der Waals surface area contributed by atoms with E-state index in [1.54, 1.807) is 11.8 Å². The van der Waals surface area contributed by atoms with E-state index in [0.29, 0.717) is 13.0 Å². The van der Waals surface area contributed by atoms with Gasteiger partial charge in [0.2, 0.25) is 5.88 Å². The second-order valence-electron chi connectivity index (χ2n) is 4.68. The molecule has 1 aromatic heterocycles. The van der Waals surface area contributed by atoms with Crippen LogP contribution < -0.4 is 10.1 Å². The zero-order chi connectivity index (χ0) is 13.3. The van der Waals surface area contributed by atoms with E-state index in [4.69, 9.17) is 4.74 Å². The Labute approximate surface area is 107 Å². The largest absolute Gasteiger partial charge is 0.481 e. The van der Waals surface area contributed by atoms with Crippen molar-refractivity contribution in [3.05, 3.63) is 11.3 Å². The van der Waals surface area contributed by atoms with Crippen LogP contribution in [0.4, 0.5) is 0 Å². The Morgan fingerprint density at radius 2 is 2.28 bits per heavy atom. The molecule has 1 aromatic rings. The summed E-state index contributed by atoms with van der Waals surface area (Å²) in [6.45, 7) is 2.51. The second kappa shape index (κ2) is 4.89. The monoisotopic (exact) mass is 273 g/mol. The molecule has 1 aliphatic rings. The first-order chi connectivity index (χ1) is 8.43. The van der Waals surface area contributed by atoms with E-state index in [-0.39, 0.29) is 17.5 Å². The predicted molar refractivity (Wildman–Crippen MR) is 68.4 cm³/mol. The van der Waals surface area contributed by atoms with Gasteiger partial charge in [0.05, 0.1) is 29.9 Å². The Bertz CT molecular complexity index is 536. The number of methoxy groups -OCH3 is 1. The third kappa shape index (κ3) is 2.67. The fourth-order valence-corrected chi connectivity index (χ4v) is 4.05. The standard InChI is InChI=1S/C11H19N3O3S/c1-8-10(11(17-3)14(2)13-8)6-12-9-4-5-18(15,16)7-9/h9,12H,4-7H2,1-3H3. The molecule has 0 radical (unpaired) electrons. The SMILES string of the molecule is COc1c(CNC2CCS(=O)(=O)C2)c(C)nn1C. The molecule has 0 aliphatic carbocycles. The molecule has 0 aromatic carbocycles. The molecule has 7 heteroatoms. The van der Waals surface area contributed by atoms with Crippen LogP contribution in [-0.2, 0) is 23.4 Å². The Kier molecular flexibility index (Phi) is 3.63. The molecular formula is C11H19N3O3S. The second-order valence-corrected chi connectivity index (χ2v) is 6.91. The van der Waals surface area contributed by atoms with E-state index >= 15 is 0 Å². The molecule has 1 atom stereocenters. The minimum atomic E-state index is -2.84. The van der Waals surface area contributed by atoms with Gasteiger partial charge in [-0.2, -0.15) is 5.10 Å². The minimum absolute atomic E-state index is 0.0410. The first kappa shape index (κ1) is 13.4. The van der Waals surface area contributed by atoms with Gasteiger partial charge >= 0.3 is 0 Å². The summed E-state index contributed by atoms with van der Waals surface area (Å²) in [5.41, 5.74) is 1.90. The van der Waals surface area contributed by atoms with Crippen molar-refractivity contribution in [3.63, 3.8) is 0 Å². The highest BCUT2D eigenvalue weighted by molar-refractivity contribution is 7.91. The van der Waals surface area contributed by atoms with Crippen LogP contribution in [0.25, 0.3) is 0 Å². The first-order valence-corrected chi connectivity index (χ1v) is 7.75. The average molecular weight is 273 g/mol. The van der Waals surface area contributed by atoms with Crippen molar-refractivity contribution in [1.29, 1.82) is 0 Å². The molecular weight excluding hydrogens is 254 g/mol. The van der Waals surface area contributed by atoms with E-state index in [9.17, 15) is 8.42 Å². The Morgan fingerprint density at radius 3 is 2.83 bits per heavy atom. The van der Waals surface area contributed by atoms with Crippen molar-refractivity contribution in [2.75, 3.05) is 18.6 Å². The number of aromatic nitrogens is 2. The lowest BCUT2D eigenvalue weighted by atomic mass is 10.2. The van der Waals surface area contributed by atoms with Crippen LogP contribution in [0.15, 0.2) is 0 Å². The van der Waals surface area contributed by atoms with Crippen LogP contribution >= 0.6 is 0 Å². The molecule has 18 heavy (non-hydrogen) atoms. The fourth-order valence-electron chi connectivity index (χ4n) is 2.34. The molecule has 1 fully saturated rings. The van der Waals surface area contributed by atoms with Gasteiger partial charge < -0.3 is 10.1 Å². The Morgan fingerprint density at radius 1 is 1.56 bits per heavy atom. The van der Waals surface area contributed by atoms with Crippen LogP contribution in [0.5, 0.6) is 5.88 Å². The molecule has 1 N–H and O–H groups in total. The van der Waals surface area contributed by atoms with Gasteiger partial charge in [-0.05, 0) is 13.3 Å². The van der Waals surface area contributed by atoms with Gasteiger partial charge in [0, 0.05) is 19.6 Å². The van der Waals surface area contributed by atoms with E-state index < -0.39 is 9.84 Å². The third-order valence-corrected chi connectivity index (χ3v) is 5.05. The summed E-state index contributed by atoms with van der Waals surface area (Å²) in [4.78, 5) is 0. The average Bonchev–Trinajstić information content (AvgIpc) is 2.75. The van der Waals surface area contributed by atoms with Crippen LogP contribution in [0, 0.1) is 6.92 Å². The summed E-state index contributed by atoms with van der Waals surface area (Å²) in [7, 11) is 0.605. The van der Waals surface area contributed by atoms with E-state index in [2.05, 4.69) is 10.4 Å². The Hall–Kier alpha value is -1.08. The number of nitrogens with one attached hydrogen (secondary N) is 1. The molecule has 102 valence electrons. The molecule has 0 saturated carbocycles. The van der Waals surface area contributed by atoms with Crippen LogP contribution in [0.3, 0.4) is 0 Å². The maximum Gasteiger partial charge on any atom is 0.216 e. The van der Waals surface area contributed by atoms with Gasteiger partial charge in [0.1, 0.15) is 0 Å². The highest BCUT2D eigenvalue weighted by atomic mass is 32.2. The van der Waals surface area contributed by atoms with Gasteiger partial charge in [-0.1, -0.05) is 0 Å². The van der Waals surface area contributed by atoms with Crippen LogP contribution in [0.1, 0.15) is 17.7 Å². The summed E-state index contributed by atoms with van der Waals surface area (Å²) in [5.74, 6) is 1.24. The first-order valence-electron chi connectivity index (χ1n) is 5.93. The van der Waals surface area contributed by atoms with Crippen molar-refractivity contribution in [2.45, 2.75) is 25.9 Å². The number of ether oxygens (including phenoxy) is 1. The van der Waals surface area contributed by atoms with Gasteiger partial charge in [0.25, 0.3) is 0 Å². The topological polar surface area (TPSA) is 73.2 Å². The lowest BCUT2D eigenvalue weighted by Gasteiger charge is -2.11. The molecule has 1 aliphatic heterocycles. The molecule has 0 bridgehead atoms. The molecule has 6 nitrogen and oxygen atoms in total. The number of hydrogen-bond donors (Lipinski definition) is 1. The van der Waals surface area contributed by atoms with Crippen molar-refractivity contribution in [1.82, 2.24) is 15.1 Å². The van der Waals surface area contributed by atoms with Crippen molar-refractivity contribution < 1.29 is 13.2 Å². The summed E-state index contributed by atoms with van der Waals surface area (Å²) < 4.78 is 29.7. The van der Waals surface area contributed by atoms with Crippen molar-refractivity contribution >= 4 is 9.84 Å². The fraction of sp³-hybridized carbons (Fsp3) is 0.727. The van der Waals surface area contributed by atoms with Crippen molar-refractivity contribution in [2.24, 2.45) is 7.05 Å². The summed E-state index contributed by atoms with van der Waals surface area (Å²) in [6, 6.07) is 0.0410. The normalized spacial score (nSPS) is 22.3. The predicted octanol–water partition coefficient (Wildman–Crippen LogP) is 0.0138. The van der Waals surface area contributed by atoms with Gasteiger partial charge in [-0.25, -0.2) is 13.1 Å². The summed E-state index contributed by atoms with van der Waals surface area (Å²) in [6.07, 6.45) is 0.684. The maximum atomic E-state index is 11.4. The summed E-state index contributed by atoms with van der Waals surface area (Å²) >= 11 is 0. The summed E-state index contributed by atoms with van der Waals surface area (Å²) in [5, 5.41) is 7.56. The highest BCUT2D eigenvalue weighted by Crippen LogP contribution is 2.21. The molecule has 1 unspecified atom stereocenters. The molecule has 0 amide bonds. The maximum absolute atomic E-state index is 11.4. The lowest BCUT2D eigenvalue weighted by Crippen LogP contribution is -2.29. The minimum Gasteiger partial charge on any atom is -0.481 e. The van der Waals surface area contributed by atoms with E-state index in [1.807, 2.05) is 14.0 Å². The number of nitrogens with zero attached hydrogens (tertiary/aromatic N) is 2. The lowest BCUT2D eigenvalue weighted by molar-refractivity contribution is 0.367. The van der Waals surface area contributed by atoms with Gasteiger partial charge in [-0.3, -0.25) is 0 Å². The molecule has 1 saturated heterocycles. The van der Waals surface area contributed by atoms with Gasteiger partial charge in [0.15, 0.2) is 9.84 Å². The number of aryl methyl sites for hydroxylation is 2. The molecule has 2 rings (SSSR count). The zero-order valence-electron chi connectivity index (χ0n) is 10.9. The Balaban J connectivity index is 2.03. The smallest absolute Gasteiger partial charge is 0.216 e. The van der Waals surface area contributed by atoms with Gasteiger partial charge in [-0.15, -0.1) is 0 Å². The molecule has 2 heterocycles. The number of hydrogen-bond acceptors (Lipinski definition) is 5. The number of sulfone groups is 1. The van der Waals surface area contributed by atoms with Crippen LogP contribution in [-0.4, -0.2) is 42.9 Å². The van der Waals surface area contributed by atoms with E-state index in [0.717, 1.165) is 17.1 Å². The van der Waals surface area contributed by atoms with Crippen molar-refractivity contribution in [3.8, 4) is 5.88 Å². The highest BCUT2D eigenvalue weighted by Gasteiger charge is 2.28. The van der Waals surface area contributed by atoms with Crippen LogP contribution in [0.2, 0.25) is 0 Å².